The first kappa shape index (κ1) is 7.32. The summed E-state index contributed by atoms with van der Waals surface area (Å²) < 4.78 is 2.03. The SMILES string of the molecule is CC(C)(C)[N+]1=CCC(O)=C1. The quantitative estimate of drug-likeness (QED) is 0.508. The second-order valence-electron chi connectivity index (χ2n) is 3.59. The number of hydrogen-bond acceptors (Lipinski definition) is 1. The lowest BCUT2D eigenvalue weighted by atomic mass is 10.1. The predicted molar refractivity (Wildman–Crippen MR) is 41.4 cm³/mol. The summed E-state index contributed by atoms with van der Waals surface area (Å²) in [6, 6.07) is 0. The smallest absolute Gasteiger partial charge is 0.207 e. The van der Waals surface area contributed by atoms with E-state index in [1.807, 2.05) is 10.8 Å². The Morgan fingerprint density at radius 1 is 1.50 bits per heavy atom. The second-order valence-corrected chi connectivity index (χ2v) is 3.59. The average Bonchev–Trinajstić information content (AvgIpc) is 2.11. The Balaban J connectivity index is 2.77. The highest BCUT2D eigenvalue weighted by molar-refractivity contribution is 5.57. The largest absolute Gasteiger partial charge is 0.506 e. The minimum Gasteiger partial charge on any atom is -0.506 e. The number of allylic oxidation sites excluding steroid dienone is 1. The number of rotatable bonds is 0. The van der Waals surface area contributed by atoms with Crippen LogP contribution >= 0.6 is 0 Å². The highest BCUT2D eigenvalue weighted by Gasteiger charge is 2.26. The third-order valence-corrected chi connectivity index (χ3v) is 1.56. The topological polar surface area (TPSA) is 23.2 Å². The van der Waals surface area contributed by atoms with Crippen molar-refractivity contribution >= 4 is 6.21 Å². The van der Waals surface area contributed by atoms with Crippen molar-refractivity contribution in [3.8, 4) is 0 Å². The van der Waals surface area contributed by atoms with Crippen molar-refractivity contribution in [2.75, 3.05) is 0 Å². The summed E-state index contributed by atoms with van der Waals surface area (Å²) >= 11 is 0. The maximum atomic E-state index is 9.05. The normalized spacial score (nSPS) is 18.7. The molecule has 0 unspecified atom stereocenters. The molecule has 10 heavy (non-hydrogen) atoms. The number of hydrogen-bond donors (Lipinski definition) is 1. The summed E-state index contributed by atoms with van der Waals surface area (Å²) in [5, 5.41) is 9.05. The Morgan fingerprint density at radius 3 is 2.30 bits per heavy atom. The van der Waals surface area contributed by atoms with E-state index in [-0.39, 0.29) is 5.54 Å². The van der Waals surface area contributed by atoms with Gasteiger partial charge >= 0.3 is 0 Å². The van der Waals surface area contributed by atoms with Crippen LogP contribution in [0.4, 0.5) is 0 Å². The molecule has 1 heterocycles. The Hall–Kier alpha value is -0.790. The van der Waals surface area contributed by atoms with Crippen LogP contribution in [0.3, 0.4) is 0 Å². The minimum atomic E-state index is 0.102. The highest BCUT2D eigenvalue weighted by Crippen LogP contribution is 2.13. The van der Waals surface area contributed by atoms with Crippen molar-refractivity contribution < 1.29 is 9.68 Å². The third-order valence-electron chi connectivity index (χ3n) is 1.56. The lowest BCUT2D eigenvalue weighted by molar-refractivity contribution is -0.528. The Kier molecular flexibility index (Phi) is 1.55. The van der Waals surface area contributed by atoms with Gasteiger partial charge in [-0.05, 0) is 0 Å². The average molecular weight is 140 g/mol. The molecule has 0 saturated heterocycles. The summed E-state index contributed by atoms with van der Waals surface area (Å²) in [5.74, 6) is 0.454. The van der Waals surface area contributed by atoms with Gasteiger partial charge in [-0.15, -0.1) is 0 Å². The molecule has 0 aromatic carbocycles. The van der Waals surface area contributed by atoms with Gasteiger partial charge < -0.3 is 5.11 Å². The van der Waals surface area contributed by atoms with Gasteiger partial charge in [0.2, 0.25) is 6.20 Å². The molecule has 1 aliphatic heterocycles. The maximum absolute atomic E-state index is 9.05. The van der Waals surface area contributed by atoms with E-state index in [2.05, 4.69) is 20.8 Å². The Bertz CT molecular complexity index is 196. The molecule has 0 spiro atoms. The van der Waals surface area contributed by atoms with Crippen LogP contribution in [0.15, 0.2) is 12.0 Å². The zero-order valence-electron chi connectivity index (χ0n) is 6.76. The molecule has 0 atom stereocenters. The Morgan fingerprint density at radius 2 is 2.10 bits per heavy atom. The molecule has 0 aromatic rings. The lowest BCUT2D eigenvalue weighted by Crippen LogP contribution is -2.28. The standard InChI is InChI=1S/C8H13NO/c1-8(2,3)9-5-4-7(10)6-9/h5-6H,4H2,1-3H3/p+1. The second kappa shape index (κ2) is 2.11. The van der Waals surface area contributed by atoms with Crippen LogP contribution in [-0.4, -0.2) is 21.4 Å². The lowest BCUT2D eigenvalue weighted by Gasteiger charge is -2.11. The zero-order chi connectivity index (χ0) is 7.78. The molecule has 2 heteroatoms. The summed E-state index contributed by atoms with van der Waals surface area (Å²) in [7, 11) is 0. The van der Waals surface area contributed by atoms with Crippen molar-refractivity contribution in [2.45, 2.75) is 32.7 Å². The van der Waals surface area contributed by atoms with Crippen LogP contribution in [0, 0.1) is 0 Å². The fraction of sp³-hybridized carbons (Fsp3) is 0.625. The van der Waals surface area contributed by atoms with Crippen LogP contribution in [0.5, 0.6) is 0 Å². The van der Waals surface area contributed by atoms with Gasteiger partial charge in [-0.2, -0.15) is 0 Å². The first-order valence-corrected chi connectivity index (χ1v) is 3.51. The number of aliphatic hydroxyl groups excluding tert-OH is 1. The van der Waals surface area contributed by atoms with Gasteiger partial charge in [0.25, 0.3) is 0 Å². The first-order valence-electron chi connectivity index (χ1n) is 3.51. The fourth-order valence-electron chi connectivity index (χ4n) is 0.925. The van der Waals surface area contributed by atoms with E-state index in [0.717, 1.165) is 0 Å². The van der Waals surface area contributed by atoms with Crippen LogP contribution in [0.25, 0.3) is 0 Å². The molecule has 0 saturated carbocycles. The van der Waals surface area contributed by atoms with E-state index in [0.29, 0.717) is 12.2 Å². The molecular formula is C8H14NO+. The minimum absolute atomic E-state index is 0.102. The first-order chi connectivity index (χ1) is 4.50. The molecule has 2 nitrogen and oxygen atoms in total. The van der Waals surface area contributed by atoms with Gasteiger partial charge in [0.15, 0.2) is 17.5 Å². The van der Waals surface area contributed by atoms with Gasteiger partial charge in [-0.25, -0.2) is 4.58 Å². The molecule has 1 N–H and O–H groups in total. The summed E-state index contributed by atoms with van der Waals surface area (Å²) in [4.78, 5) is 0. The molecule has 1 rings (SSSR count). The van der Waals surface area contributed by atoms with E-state index < -0.39 is 0 Å². The fourth-order valence-corrected chi connectivity index (χ4v) is 0.925. The predicted octanol–water partition coefficient (Wildman–Crippen LogP) is 1.67. The summed E-state index contributed by atoms with van der Waals surface area (Å²) in [5.41, 5.74) is 0.102. The van der Waals surface area contributed by atoms with Gasteiger partial charge in [0, 0.05) is 20.8 Å². The molecule has 0 aromatic heterocycles. The van der Waals surface area contributed by atoms with Crippen molar-refractivity contribution in [3.05, 3.63) is 12.0 Å². The summed E-state index contributed by atoms with van der Waals surface area (Å²) in [6.45, 7) is 6.33. The van der Waals surface area contributed by atoms with Gasteiger partial charge in [0.05, 0.1) is 6.42 Å². The van der Waals surface area contributed by atoms with E-state index in [4.69, 9.17) is 5.11 Å². The van der Waals surface area contributed by atoms with Crippen molar-refractivity contribution in [1.82, 2.24) is 0 Å². The summed E-state index contributed by atoms with van der Waals surface area (Å²) in [6.07, 6.45) is 4.45. The van der Waals surface area contributed by atoms with Gasteiger partial charge in [-0.1, -0.05) is 0 Å². The maximum Gasteiger partial charge on any atom is 0.207 e. The van der Waals surface area contributed by atoms with E-state index in [9.17, 15) is 0 Å². The van der Waals surface area contributed by atoms with Crippen molar-refractivity contribution in [2.24, 2.45) is 0 Å². The number of nitrogens with zero attached hydrogens (tertiary/aromatic N) is 1. The molecule has 0 fully saturated rings. The van der Waals surface area contributed by atoms with Crippen LogP contribution in [0.2, 0.25) is 0 Å². The van der Waals surface area contributed by atoms with Gasteiger partial charge in [-0.3, -0.25) is 0 Å². The Labute approximate surface area is 61.5 Å². The number of aliphatic hydroxyl groups is 1. The molecule has 0 amide bonds. The molecule has 56 valence electrons. The van der Waals surface area contributed by atoms with Crippen molar-refractivity contribution in [1.29, 1.82) is 0 Å². The molecule has 0 radical (unpaired) electrons. The molecule has 0 aliphatic carbocycles. The van der Waals surface area contributed by atoms with E-state index >= 15 is 0 Å². The van der Waals surface area contributed by atoms with Crippen molar-refractivity contribution in [3.63, 3.8) is 0 Å². The zero-order valence-corrected chi connectivity index (χ0v) is 6.76. The van der Waals surface area contributed by atoms with Gasteiger partial charge in [0.1, 0.15) is 0 Å². The molecular weight excluding hydrogens is 126 g/mol. The third kappa shape index (κ3) is 1.38. The van der Waals surface area contributed by atoms with E-state index in [1.54, 1.807) is 6.20 Å². The van der Waals surface area contributed by atoms with E-state index in [1.165, 1.54) is 0 Å². The molecule has 1 aliphatic rings. The highest BCUT2D eigenvalue weighted by atomic mass is 16.3. The van der Waals surface area contributed by atoms with Crippen LogP contribution < -0.4 is 0 Å². The van der Waals surface area contributed by atoms with Crippen LogP contribution in [-0.2, 0) is 0 Å². The van der Waals surface area contributed by atoms with Crippen LogP contribution in [0.1, 0.15) is 27.2 Å². The monoisotopic (exact) mass is 140 g/mol. The molecule has 0 bridgehead atoms.